The molecule has 2 aliphatic rings. The molecule has 0 aliphatic carbocycles. The minimum absolute atomic E-state index is 0.158. The number of nitrogens with zero attached hydrogens (tertiary/aromatic N) is 2. The third kappa shape index (κ3) is 2.62. The lowest BCUT2D eigenvalue weighted by molar-refractivity contribution is 0.135. The minimum atomic E-state index is -3.45. The van der Waals surface area contributed by atoms with E-state index in [0.29, 0.717) is 30.4 Å². The van der Waals surface area contributed by atoms with Crippen LogP contribution in [0.15, 0.2) is 11.2 Å². The van der Waals surface area contributed by atoms with Crippen LogP contribution in [0.1, 0.15) is 31.5 Å². The normalized spacial score (nSPS) is 30.8. The van der Waals surface area contributed by atoms with Crippen molar-refractivity contribution in [3.8, 4) is 0 Å². The van der Waals surface area contributed by atoms with E-state index in [1.165, 1.54) is 19.0 Å². The summed E-state index contributed by atoms with van der Waals surface area (Å²) in [6, 6.07) is 1.27. The smallest absolute Gasteiger partial charge is 0.257 e. The van der Waals surface area contributed by atoms with E-state index in [2.05, 4.69) is 26.6 Å². The van der Waals surface area contributed by atoms with E-state index in [9.17, 15) is 8.42 Å². The first kappa shape index (κ1) is 14.0. The summed E-state index contributed by atoms with van der Waals surface area (Å²) in [5.41, 5.74) is 0. The molecule has 20 heavy (non-hydrogen) atoms. The van der Waals surface area contributed by atoms with Crippen LogP contribution in [0.5, 0.6) is 0 Å². The van der Waals surface area contributed by atoms with Gasteiger partial charge in [0.1, 0.15) is 5.82 Å². The number of rotatable bonds is 4. The monoisotopic (exact) mass is 298 g/mol. The standard InChI is InChI=1S/C13H22N4O2S/c1-9-14-8-13(16-9)20(18,19)15-7-10-5-11-3-4-12(6-10)17(11)2/h8,10-12,15H,3-7H2,1-2H3,(H,14,16). The molecule has 0 amide bonds. The summed E-state index contributed by atoms with van der Waals surface area (Å²) in [6.45, 7) is 2.27. The molecular weight excluding hydrogens is 276 g/mol. The number of aromatic amines is 1. The van der Waals surface area contributed by atoms with Gasteiger partial charge in [0.15, 0.2) is 5.03 Å². The molecule has 2 atom stereocenters. The van der Waals surface area contributed by atoms with E-state index in [0.717, 1.165) is 12.8 Å². The molecule has 112 valence electrons. The fraction of sp³-hybridized carbons (Fsp3) is 0.769. The predicted octanol–water partition coefficient (Wildman–Crippen LogP) is 0.869. The fourth-order valence-electron chi connectivity index (χ4n) is 3.53. The maximum absolute atomic E-state index is 12.1. The molecule has 6 nitrogen and oxygen atoms in total. The maximum atomic E-state index is 12.1. The van der Waals surface area contributed by atoms with Crippen LogP contribution in [0, 0.1) is 12.8 Å². The van der Waals surface area contributed by atoms with E-state index in [-0.39, 0.29) is 5.03 Å². The van der Waals surface area contributed by atoms with Gasteiger partial charge in [-0.1, -0.05) is 0 Å². The lowest BCUT2D eigenvalue weighted by Gasteiger charge is -2.36. The maximum Gasteiger partial charge on any atom is 0.257 e. The highest BCUT2D eigenvalue weighted by atomic mass is 32.2. The van der Waals surface area contributed by atoms with Gasteiger partial charge in [0.05, 0.1) is 6.20 Å². The largest absolute Gasteiger partial charge is 0.332 e. The lowest BCUT2D eigenvalue weighted by atomic mass is 9.91. The second-order valence-electron chi connectivity index (χ2n) is 6.07. The van der Waals surface area contributed by atoms with Gasteiger partial charge in [-0.05, 0) is 45.6 Å². The Kier molecular flexibility index (Phi) is 3.60. The molecular formula is C13H22N4O2S. The van der Waals surface area contributed by atoms with E-state index >= 15 is 0 Å². The van der Waals surface area contributed by atoms with Crippen molar-refractivity contribution in [2.75, 3.05) is 13.6 Å². The van der Waals surface area contributed by atoms with Gasteiger partial charge in [0, 0.05) is 18.6 Å². The molecule has 7 heteroatoms. The Morgan fingerprint density at radius 3 is 2.60 bits per heavy atom. The SMILES string of the molecule is Cc1ncc(S(=O)(=O)NCC2CC3CCC(C2)N3C)[nH]1. The van der Waals surface area contributed by atoms with Crippen molar-refractivity contribution >= 4 is 10.0 Å². The predicted molar refractivity (Wildman–Crippen MR) is 75.8 cm³/mol. The van der Waals surface area contributed by atoms with Crippen LogP contribution in [0.4, 0.5) is 0 Å². The topological polar surface area (TPSA) is 78.1 Å². The van der Waals surface area contributed by atoms with Crippen LogP contribution in [-0.2, 0) is 10.0 Å². The molecule has 3 heterocycles. The first-order chi connectivity index (χ1) is 9.45. The Bertz CT molecular complexity index is 569. The van der Waals surface area contributed by atoms with Crippen molar-refractivity contribution in [3.63, 3.8) is 0 Å². The average Bonchev–Trinajstić information content (AvgIpc) is 2.89. The zero-order chi connectivity index (χ0) is 14.3. The molecule has 3 rings (SSSR count). The molecule has 2 aliphatic heterocycles. The summed E-state index contributed by atoms with van der Waals surface area (Å²) in [6.07, 6.45) is 6.07. The molecule has 2 unspecified atom stereocenters. The number of imidazole rings is 1. The summed E-state index contributed by atoms with van der Waals surface area (Å²) >= 11 is 0. The minimum Gasteiger partial charge on any atom is -0.332 e. The van der Waals surface area contributed by atoms with Gasteiger partial charge in [-0.2, -0.15) is 0 Å². The molecule has 0 saturated carbocycles. The molecule has 0 aromatic carbocycles. The number of aromatic nitrogens is 2. The third-order valence-electron chi connectivity index (χ3n) is 4.73. The number of sulfonamides is 1. The Hall–Kier alpha value is -0.920. The van der Waals surface area contributed by atoms with E-state index < -0.39 is 10.0 Å². The number of fused-ring (bicyclic) bond motifs is 2. The summed E-state index contributed by atoms with van der Waals surface area (Å²) in [7, 11) is -1.26. The molecule has 2 fully saturated rings. The Morgan fingerprint density at radius 1 is 1.40 bits per heavy atom. The van der Waals surface area contributed by atoms with Crippen LogP contribution in [-0.4, -0.2) is 49.0 Å². The van der Waals surface area contributed by atoms with Crippen molar-refractivity contribution < 1.29 is 8.42 Å². The summed E-state index contributed by atoms with van der Waals surface area (Å²) in [5, 5.41) is 0.158. The van der Waals surface area contributed by atoms with Gasteiger partial charge in [-0.25, -0.2) is 18.1 Å². The van der Waals surface area contributed by atoms with Crippen molar-refractivity contribution in [2.24, 2.45) is 5.92 Å². The van der Waals surface area contributed by atoms with E-state index in [1.807, 2.05) is 0 Å². The number of H-pyrrole nitrogens is 1. The molecule has 2 N–H and O–H groups in total. The molecule has 1 aromatic heterocycles. The van der Waals surface area contributed by atoms with Gasteiger partial charge in [-0.15, -0.1) is 0 Å². The summed E-state index contributed by atoms with van der Waals surface area (Å²) in [5.74, 6) is 1.06. The Morgan fingerprint density at radius 2 is 2.05 bits per heavy atom. The molecule has 1 aromatic rings. The van der Waals surface area contributed by atoms with Gasteiger partial charge < -0.3 is 9.88 Å². The second kappa shape index (κ2) is 5.13. The van der Waals surface area contributed by atoms with Crippen molar-refractivity contribution in [2.45, 2.75) is 49.7 Å². The first-order valence-corrected chi connectivity index (χ1v) is 8.67. The quantitative estimate of drug-likeness (QED) is 0.864. The Labute approximate surface area is 120 Å². The summed E-state index contributed by atoms with van der Waals surface area (Å²) < 4.78 is 27.0. The van der Waals surface area contributed by atoms with Gasteiger partial charge in [-0.3, -0.25) is 0 Å². The number of nitrogens with one attached hydrogen (secondary N) is 2. The number of aryl methyl sites for hydroxylation is 1. The van der Waals surface area contributed by atoms with Crippen LogP contribution >= 0.6 is 0 Å². The Balaban J connectivity index is 1.60. The van der Waals surface area contributed by atoms with E-state index in [4.69, 9.17) is 0 Å². The van der Waals surface area contributed by atoms with Gasteiger partial charge in [0.25, 0.3) is 10.0 Å². The van der Waals surface area contributed by atoms with Gasteiger partial charge >= 0.3 is 0 Å². The van der Waals surface area contributed by atoms with Gasteiger partial charge in [0.2, 0.25) is 0 Å². The van der Waals surface area contributed by atoms with Crippen molar-refractivity contribution in [1.29, 1.82) is 0 Å². The average molecular weight is 298 g/mol. The third-order valence-corrected chi connectivity index (χ3v) is 6.06. The zero-order valence-electron chi connectivity index (χ0n) is 12.0. The highest BCUT2D eigenvalue weighted by Crippen LogP contribution is 2.37. The second-order valence-corrected chi connectivity index (χ2v) is 7.81. The van der Waals surface area contributed by atoms with Crippen LogP contribution in [0.3, 0.4) is 0 Å². The number of hydrogen-bond donors (Lipinski definition) is 2. The highest BCUT2D eigenvalue weighted by Gasteiger charge is 2.38. The fourth-order valence-corrected chi connectivity index (χ4v) is 4.62. The molecule has 2 bridgehead atoms. The van der Waals surface area contributed by atoms with Crippen LogP contribution < -0.4 is 4.72 Å². The molecule has 0 radical (unpaired) electrons. The van der Waals surface area contributed by atoms with Crippen LogP contribution in [0.2, 0.25) is 0 Å². The van der Waals surface area contributed by atoms with Crippen LogP contribution in [0.25, 0.3) is 0 Å². The number of piperidine rings is 1. The van der Waals surface area contributed by atoms with E-state index in [1.54, 1.807) is 6.92 Å². The zero-order valence-corrected chi connectivity index (χ0v) is 12.8. The molecule has 2 saturated heterocycles. The number of hydrogen-bond acceptors (Lipinski definition) is 4. The van der Waals surface area contributed by atoms with Crippen molar-refractivity contribution in [1.82, 2.24) is 19.6 Å². The van der Waals surface area contributed by atoms with Crippen molar-refractivity contribution in [3.05, 3.63) is 12.0 Å². The molecule has 0 spiro atoms. The first-order valence-electron chi connectivity index (χ1n) is 7.19. The lowest BCUT2D eigenvalue weighted by Crippen LogP contribution is -2.43. The summed E-state index contributed by atoms with van der Waals surface area (Å²) in [4.78, 5) is 9.17. The highest BCUT2D eigenvalue weighted by molar-refractivity contribution is 7.89.